The van der Waals surface area contributed by atoms with E-state index < -0.39 is 0 Å². The van der Waals surface area contributed by atoms with Crippen LogP contribution in [0.1, 0.15) is 37.4 Å². The van der Waals surface area contributed by atoms with E-state index in [0.717, 1.165) is 24.1 Å². The van der Waals surface area contributed by atoms with Crippen molar-refractivity contribution in [3.63, 3.8) is 0 Å². The Hall–Kier alpha value is -1.32. The number of nitrogens with two attached hydrogens (primary N) is 2. The minimum Gasteiger partial charge on any atom is -0.383 e. The third-order valence-corrected chi connectivity index (χ3v) is 2.29. The van der Waals surface area contributed by atoms with Crippen LogP contribution in [0.3, 0.4) is 0 Å². The van der Waals surface area contributed by atoms with Crippen molar-refractivity contribution >= 4 is 11.8 Å². The molecule has 0 aromatic carbocycles. The number of hydrogen-bond acceptors (Lipinski definition) is 4. The van der Waals surface area contributed by atoms with Crippen molar-refractivity contribution in [1.29, 1.82) is 0 Å². The molecule has 4 heteroatoms. The molecular formula is C10H18N4. The third kappa shape index (κ3) is 2.58. The number of nitrogen functional groups attached to an aromatic ring is 2. The lowest BCUT2D eigenvalue weighted by molar-refractivity contribution is 0.712. The molecule has 1 heterocycles. The molecule has 1 aromatic heterocycles. The summed E-state index contributed by atoms with van der Waals surface area (Å²) in [5.41, 5.74) is 13.2. The highest BCUT2D eigenvalue weighted by Crippen LogP contribution is 2.16. The van der Waals surface area contributed by atoms with Gasteiger partial charge in [0.25, 0.3) is 0 Å². The van der Waals surface area contributed by atoms with Crippen LogP contribution in [0.15, 0.2) is 0 Å². The molecule has 4 N–H and O–H groups in total. The summed E-state index contributed by atoms with van der Waals surface area (Å²) in [6.45, 7) is 4.10. The Labute approximate surface area is 84.7 Å². The highest BCUT2D eigenvalue weighted by Gasteiger charge is 2.06. The van der Waals surface area contributed by atoms with Crippen LogP contribution in [0.4, 0.5) is 11.8 Å². The third-order valence-electron chi connectivity index (χ3n) is 2.29. The average molecular weight is 194 g/mol. The SMILES string of the molecule is CCCCCc1c(C)nc(N)nc1N. The van der Waals surface area contributed by atoms with Crippen LogP contribution >= 0.6 is 0 Å². The predicted molar refractivity (Wildman–Crippen MR) is 58.8 cm³/mol. The number of aromatic nitrogens is 2. The van der Waals surface area contributed by atoms with Crippen LogP contribution in [0.25, 0.3) is 0 Å². The normalized spacial score (nSPS) is 10.4. The van der Waals surface area contributed by atoms with Gasteiger partial charge < -0.3 is 11.5 Å². The molecular weight excluding hydrogens is 176 g/mol. The van der Waals surface area contributed by atoms with Gasteiger partial charge in [0.15, 0.2) is 0 Å². The molecule has 1 rings (SSSR count). The van der Waals surface area contributed by atoms with Gasteiger partial charge in [0, 0.05) is 11.3 Å². The number of nitrogens with zero attached hydrogens (tertiary/aromatic N) is 2. The molecule has 0 radical (unpaired) electrons. The summed E-state index contributed by atoms with van der Waals surface area (Å²) in [5.74, 6) is 0.797. The van der Waals surface area contributed by atoms with Gasteiger partial charge in [-0.2, -0.15) is 4.98 Å². The fraction of sp³-hybridized carbons (Fsp3) is 0.600. The Morgan fingerprint density at radius 3 is 2.43 bits per heavy atom. The maximum Gasteiger partial charge on any atom is 0.222 e. The van der Waals surface area contributed by atoms with Crippen molar-refractivity contribution in [2.45, 2.75) is 39.5 Å². The van der Waals surface area contributed by atoms with E-state index in [0.29, 0.717) is 5.82 Å². The van der Waals surface area contributed by atoms with E-state index in [1.807, 2.05) is 6.92 Å². The first-order valence-corrected chi connectivity index (χ1v) is 5.03. The molecule has 78 valence electrons. The summed E-state index contributed by atoms with van der Waals surface area (Å²) in [4.78, 5) is 8.06. The zero-order chi connectivity index (χ0) is 10.6. The molecule has 0 aliphatic carbocycles. The lowest BCUT2D eigenvalue weighted by Gasteiger charge is -2.07. The van der Waals surface area contributed by atoms with Crippen molar-refractivity contribution in [1.82, 2.24) is 9.97 Å². The van der Waals surface area contributed by atoms with Gasteiger partial charge in [0.1, 0.15) is 5.82 Å². The number of anilines is 2. The molecule has 14 heavy (non-hydrogen) atoms. The molecule has 0 aliphatic rings. The average Bonchev–Trinajstić information content (AvgIpc) is 2.09. The fourth-order valence-electron chi connectivity index (χ4n) is 1.50. The van der Waals surface area contributed by atoms with Gasteiger partial charge in [-0.1, -0.05) is 19.8 Å². The minimum absolute atomic E-state index is 0.263. The Morgan fingerprint density at radius 2 is 1.86 bits per heavy atom. The summed E-state index contributed by atoms with van der Waals surface area (Å²) in [7, 11) is 0. The first kappa shape index (κ1) is 10.8. The molecule has 0 saturated carbocycles. The molecule has 1 aromatic rings. The second kappa shape index (κ2) is 4.79. The van der Waals surface area contributed by atoms with Crippen molar-refractivity contribution in [2.75, 3.05) is 11.5 Å². The predicted octanol–water partition coefficient (Wildman–Crippen LogP) is 1.68. The maximum absolute atomic E-state index is 5.77. The molecule has 0 aliphatic heterocycles. The maximum atomic E-state index is 5.77. The van der Waals surface area contributed by atoms with Crippen LogP contribution in [-0.2, 0) is 6.42 Å². The Kier molecular flexibility index (Phi) is 3.68. The van der Waals surface area contributed by atoms with Crippen LogP contribution in [0, 0.1) is 6.92 Å². The molecule has 0 spiro atoms. The summed E-state index contributed by atoms with van der Waals surface area (Å²) >= 11 is 0. The van der Waals surface area contributed by atoms with E-state index in [2.05, 4.69) is 16.9 Å². The lowest BCUT2D eigenvalue weighted by Crippen LogP contribution is -2.07. The van der Waals surface area contributed by atoms with Crippen LogP contribution in [0.5, 0.6) is 0 Å². The second-order valence-corrected chi connectivity index (χ2v) is 3.49. The quantitative estimate of drug-likeness (QED) is 0.715. The van der Waals surface area contributed by atoms with Gasteiger partial charge in [0.2, 0.25) is 5.95 Å². The van der Waals surface area contributed by atoms with Gasteiger partial charge in [0.05, 0.1) is 0 Å². The van der Waals surface area contributed by atoms with Crippen molar-refractivity contribution in [2.24, 2.45) is 0 Å². The fourth-order valence-corrected chi connectivity index (χ4v) is 1.50. The van der Waals surface area contributed by atoms with E-state index >= 15 is 0 Å². The van der Waals surface area contributed by atoms with Gasteiger partial charge in [-0.05, 0) is 19.8 Å². The van der Waals surface area contributed by atoms with Crippen LogP contribution in [-0.4, -0.2) is 9.97 Å². The molecule has 0 atom stereocenters. The minimum atomic E-state index is 0.263. The van der Waals surface area contributed by atoms with Gasteiger partial charge in [-0.15, -0.1) is 0 Å². The summed E-state index contributed by atoms with van der Waals surface area (Å²) in [6, 6.07) is 0. The van der Waals surface area contributed by atoms with Gasteiger partial charge in [-0.25, -0.2) is 4.98 Å². The first-order chi connectivity index (χ1) is 6.65. The summed E-state index contributed by atoms with van der Waals surface area (Å²) in [5, 5.41) is 0. The Morgan fingerprint density at radius 1 is 1.14 bits per heavy atom. The Bertz CT molecular complexity index is 286. The zero-order valence-corrected chi connectivity index (χ0v) is 8.88. The highest BCUT2D eigenvalue weighted by molar-refractivity contribution is 5.45. The topological polar surface area (TPSA) is 77.8 Å². The van der Waals surface area contributed by atoms with Crippen molar-refractivity contribution in [3.8, 4) is 0 Å². The van der Waals surface area contributed by atoms with Crippen LogP contribution in [0.2, 0.25) is 0 Å². The molecule has 0 unspecified atom stereocenters. The van der Waals surface area contributed by atoms with E-state index in [9.17, 15) is 0 Å². The van der Waals surface area contributed by atoms with Crippen molar-refractivity contribution < 1.29 is 0 Å². The molecule has 0 fully saturated rings. The summed E-state index contributed by atoms with van der Waals surface area (Å²) in [6.07, 6.45) is 4.50. The van der Waals surface area contributed by atoms with Gasteiger partial charge >= 0.3 is 0 Å². The standard InChI is InChI=1S/C10H18N4/c1-3-4-5-6-8-7(2)13-10(12)14-9(8)11/h3-6H2,1-2H3,(H4,11,12,13,14). The van der Waals surface area contributed by atoms with Gasteiger partial charge in [-0.3, -0.25) is 0 Å². The molecule has 0 saturated heterocycles. The number of rotatable bonds is 4. The summed E-state index contributed by atoms with van der Waals surface area (Å²) < 4.78 is 0. The van der Waals surface area contributed by atoms with E-state index in [1.54, 1.807) is 0 Å². The number of aryl methyl sites for hydroxylation is 1. The van der Waals surface area contributed by atoms with E-state index in [4.69, 9.17) is 11.5 Å². The first-order valence-electron chi connectivity index (χ1n) is 5.03. The van der Waals surface area contributed by atoms with Crippen molar-refractivity contribution in [3.05, 3.63) is 11.3 Å². The highest BCUT2D eigenvalue weighted by atomic mass is 15.0. The largest absolute Gasteiger partial charge is 0.383 e. The lowest BCUT2D eigenvalue weighted by atomic mass is 10.1. The second-order valence-electron chi connectivity index (χ2n) is 3.49. The zero-order valence-electron chi connectivity index (χ0n) is 8.88. The smallest absolute Gasteiger partial charge is 0.222 e. The Balaban J connectivity index is 2.75. The number of hydrogen-bond donors (Lipinski definition) is 2. The van der Waals surface area contributed by atoms with E-state index in [-0.39, 0.29) is 5.95 Å². The van der Waals surface area contributed by atoms with E-state index in [1.165, 1.54) is 12.8 Å². The number of unbranched alkanes of at least 4 members (excludes halogenated alkanes) is 2. The molecule has 4 nitrogen and oxygen atoms in total. The monoisotopic (exact) mass is 194 g/mol. The van der Waals surface area contributed by atoms with Crippen LogP contribution < -0.4 is 11.5 Å². The molecule has 0 bridgehead atoms. The molecule has 0 amide bonds.